The van der Waals surface area contributed by atoms with E-state index in [1.165, 1.54) is 12.3 Å². The van der Waals surface area contributed by atoms with Crippen LogP contribution in [0.1, 0.15) is 17.3 Å². The summed E-state index contributed by atoms with van der Waals surface area (Å²) in [6.07, 6.45) is 1.37. The molecule has 0 aliphatic heterocycles. The minimum atomic E-state index is -0.867. The van der Waals surface area contributed by atoms with E-state index in [-0.39, 0.29) is 23.4 Å². The maximum atomic E-state index is 12.1. The molecule has 7 nitrogen and oxygen atoms in total. The SMILES string of the molecule is CCOC(=O)c1cc([N+](=O)[O-])c2ccccn2c1=O. The number of fused-ring (bicyclic) bond motifs is 1. The van der Waals surface area contributed by atoms with Crippen LogP contribution >= 0.6 is 0 Å². The number of rotatable bonds is 3. The highest BCUT2D eigenvalue weighted by atomic mass is 16.6. The predicted octanol–water partition coefficient (Wildman–Crippen LogP) is 1.38. The van der Waals surface area contributed by atoms with Crippen LogP contribution in [-0.2, 0) is 4.74 Å². The zero-order valence-electron chi connectivity index (χ0n) is 10.0. The van der Waals surface area contributed by atoms with Gasteiger partial charge in [-0.05, 0) is 19.1 Å². The summed E-state index contributed by atoms with van der Waals surface area (Å²) in [5.41, 5.74) is -1.18. The van der Waals surface area contributed by atoms with E-state index in [0.29, 0.717) is 0 Å². The number of ether oxygens (including phenoxy) is 1. The van der Waals surface area contributed by atoms with Crippen LogP contribution in [0.4, 0.5) is 5.69 Å². The predicted molar refractivity (Wildman–Crippen MR) is 66.3 cm³/mol. The van der Waals surface area contributed by atoms with Crippen molar-refractivity contribution in [3.8, 4) is 0 Å². The molecule has 0 radical (unpaired) electrons. The van der Waals surface area contributed by atoms with Crippen LogP contribution < -0.4 is 5.56 Å². The van der Waals surface area contributed by atoms with E-state index < -0.39 is 16.5 Å². The molecule has 0 fully saturated rings. The van der Waals surface area contributed by atoms with Gasteiger partial charge in [-0.25, -0.2) is 4.79 Å². The molecule has 19 heavy (non-hydrogen) atoms. The van der Waals surface area contributed by atoms with E-state index in [9.17, 15) is 19.7 Å². The molecule has 0 saturated carbocycles. The maximum Gasteiger partial charge on any atom is 0.344 e. The minimum absolute atomic E-state index is 0.0869. The molecule has 2 heterocycles. The molecule has 2 aromatic rings. The lowest BCUT2D eigenvalue weighted by atomic mass is 10.2. The van der Waals surface area contributed by atoms with Gasteiger partial charge in [-0.2, -0.15) is 0 Å². The number of esters is 1. The number of hydrogen-bond donors (Lipinski definition) is 0. The molecule has 0 saturated heterocycles. The van der Waals surface area contributed by atoms with Gasteiger partial charge in [0.2, 0.25) is 0 Å². The summed E-state index contributed by atoms with van der Waals surface area (Å²) < 4.78 is 5.78. The highest BCUT2D eigenvalue weighted by Crippen LogP contribution is 2.19. The van der Waals surface area contributed by atoms with Gasteiger partial charge in [0.25, 0.3) is 11.2 Å². The lowest BCUT2D eigenvalue weighted by Crippen LogP contribution is -2.24. The summed E-state index contributed by atoms with van der Waals surface area (Å²) in [5.74, 6) is -0.867. The minimum Gasteiger partial charge on any atom is -0.462 e. The van der Waals surface area contributed by atoms with Gasteiger partial charge in [0.05, 0.1) is 11.5 Å². The summed E-state index contributed by atoms with van der Waals surface area (Å²) in [7, 11) is 0. The van der Waals surface area contributed by atoms with Crippen molar-refractivity contribution < 1.29 is 14.5 Å². The fourth-order valence-electron chi connectivity index (χ4n) is 1.73. The van der Waals surface area contributed by atoms with Crippen LogP contribution in [0.25, 0.3) is 5.52 Å². The number of nitrogens with zero attached hydrogens (tertiary/aromatic N) is 2. The molecule has 0 aliphatic rings. The smallest absolute Gasteiger partial charge is 0.344 e. The van der Waals surface area contributed by atoms with Crippen molar-refractivity contribution in [1.82, 2.24) is 4.40 Å². The van der Waals surface area contributed by atoms with E-state index >= 15 is 0 Å². The van der Waals surface area contributed by atoms with Gasteiger partial charge < -0.3 is 4.74 Å². The second kappa shape index (κ2) is 4.89. The van der Waals surface area contributed by atoms with Gasteiger partial charge >= 0.3 is 5.97 Å². The van der Waals surface area contributed by atoms with Crippen LogP contribution in [0.15, 0.2) is 35.3 Å². The molecule has 0 atom stereocenters. The Morgan fingerprint density at radius 3 is 2.84 bits per heavy atom. The number of aromatic nitrogens is 1. The van der Waals surface area contributed by atoms with Crippen molar-refractivity contribution in [3.63, 3.8) is 0 Å². The van der Waals surface area contributed by atoms with Gasteiger partial charge in [-0.1, -0.05) is 6.07 Å². The number of carbonyl (C=O) groups excluding carboxylic acids is 1. The number of nitro groups is 1. The first-order valence-corrected chi connectivity index (χ1v) is 5.52. The van der Waals surface area contributed by atoms with Crippen molar-refractivity contribution in [2.45, 2.75) is 6.92 Å². The van der Waals surface area contributed by atoms with E-state index in [1.807, 2.05) is 0 Å². The third-order valence-corrected chi connectivity index (χ3v) is 2.54. The van der Waals surface area contributed by atoms with Crippen molar-refractivity contribution in [3.05, 3.63) is 56.5 Å². The van der Waals surface area contributed by atoms with Crippen molar-refractivity contribution in [1.29, 1.82) is 0 Å². The number of hydrogen-bond acceptors (Lipinski definition) is 5. The quantitative estimate of drug-likeness (QED) is 0.473. The lowest BCUT2D eigenvalue weighted by Gasteiger charge is -2.05. The van der Waals surface area contributed by atoms with Crippen molar-refractivity contribution in [2.75, 3.05) is 6.61 Å². The van der Waals surface area contributed by atoms with E-state index in [0.717, 1.165) is 10.5 Å². The second-order valence-electron chi connectivity index (χ2n) is 3.68. The Bertz CT molecular complexity index is 720. The normalized spacial score (nSPS) is 10.4. The Kier molecular flexibility index (Phi) is 3.28. The monoisotopic (exact) mass is 262 g/mol. The summed E-state index contributed by atoms with van der Waals surface area (Å²) in [5, 5.41) is 11.0. The van der Waals surface area contributed by atoms with Gasteiger partial charge in [-0.3, -0.25) is 19.3 Å². The van der Waals surface area contributed by atoms with Crippen molar-refractivity contribution in [2.24, 2.45) is 0 Å². The van der Waals surface area contributed by atoms with Crippen LogP contribution in [0.5, 0.6) is 0 Å². The Morgan fingerprint density at radius 2 is 2.21 bits per heavy atom. The Labute approximate surface area is 107 Å². The third kappa shape index (κ3) is 2.17. The highest BCUT2D eigenvalue weighted by molar-refractivity contribution is 5.91. The fraction of sp³-hybridized carbons (Fsp3) is 0.167. The van der Waals surface area contributed by atoms with Gasteiger partial charge in [0, 0.05) is 12.3 Å². The summed E-state index contributed by atoms with van der Waals surface area (Å²) in [6.45, 7) is 1.68. The van der Waals surface area contributed by atoms with E-state index in [4.69, 9.17) is 4.74 Å². The zero-order valence-corrected chi connectivity index (χ0v) is 10.0. The van der Waals surface area contributed by atoms with Crippen LogP contribution in [0, 0.1) is 10.1 Å². The molecule has 0 aliphatic carbocycles. The first-order valence-electron chi connectivity index (χ1n) is 5.52. The molecular weight excluding hydrogens is 252 g/mol. The largest absolute Gasteiger partial charge is 0.462 e. The topological polar surface area (TPSA) is 90.9 Å². The summed E-state index contributed by atoms with van der Waals surface area (Å²) >= 11 is 0. The van der Waals surface area contributed by atoms with Crippen LogP contribution in [0.3, 0.4) is 0 Å². The van der Waals surface area contributed by atoms with Gasteiger partial charge in [0.1, 0.15) is 11.1 Å². The lowest BCUT2D eigenvalue weighted by molar-refractivity contribution is -0.383. The van der Waals surface area contributed by atoms with Crippen molar-refractivity contribution >= 4 is 17.2 Å². The molecule has 0 N–H and O–H groups in total. The molecule has 7 heteroatoms. The first-order chi connectivity index (χ1) is 9.06. The van der Waals surface area contributed by atoms with Gasteiger partial charge in [-0.15, -0.1) is 0 Å². The highest BCUT2D eigenvalue weighted by Gasteiger charge is 2.21. The van der Waals surface area contributed by atoms with E-state index in [1.54, 1.807) is 19.1 Å². The fourth-order valence-corrected chi connectivity index (χ4v) is 1.73. The molecule has 0 aromatic carbocycles. The second-order valence-corrected chi connectivity index (χ2v) is 3.68. The third-order valence-electron chi connectivity index (χ3n) is 2.54. The summed E-state index contributed by atoms with van der Waals surface area (Å²) in [6, 6.07) is 5.52. The number of carbonyl (C=O) groups is 1. The standard InChI is InChI=1S/C12H10N2O5/c1-2-19-12(16)8-7-10(14(17)18)9-5-3-4-6-13(9)11(8)15/h3-7H,2H2,1H3. The molecule has 2 rings (SSSR count). The Morgan fingerprint density at radius 1 is 1.47 bits per heavy atom. The molecule has 0 unspecified atom stereocenters. The molecule has 98 valence electrons. The van der Waals surface area contributed by atoms with Crippen LogP contribution in [0.2, 0.25) is 0 Å². The summed E-state index contributed by atoms with van der Waals surface area (Å²) in [4.78, 5) is 34.0. The van der Waals surface area contributed by atoms with E-state index in [2.05, 4.69) is 0 Å². The first kappa shape index (κ1) is 12.7. The Balaban J connectivity index is 2.81. The molecule has 0 amide bonds. The maximum absolute atomic E-state index is 12.1. The molecule has 2 aromatic heterocycles. The molecule has 0 spiro atoms. The average Bonchev–Trinajstić information content (AvgIpc) is 2.39. The average molecular weight is 262 g/mol. The Hall–Kier alpha value is -2.70. The van der Waals surface area contributed by atoms with Gasteiger partial charge in [0.15, 0.2) is 0 Å². The van der Waals surface area contributed by atoms with Crippen LogP contribution in [-0.4, -0.2) is 21.9 Å². The molecular formula is C12H10N2O5. The zero-order chi connectivity index (χ0) is 14.0. The molecule has 0 bridgehead atoms. The number of pyridine rings is 2.